The zero-order valence-electron chi connectivity index (χ0n) is 6.84. The van der Waals surface area contributed by atoms with Crippen molar-refractivity contribution in [3.8, 4) is 0 Å². The predicted octanol–water partition coefficient (Wildman–Crippen LogP) is 1.99. The van der Waals surface area contributed by atoms with Gasteiger partial charge in [0.1, 0.15) is 0 Å². The highest BCUT2D eigenvalue weighted by Crippen LogP contribution is 2.31. The summed E-state index contributed by atoms with van der Waals surface area (Å²) < 4.78 is 35.9. The maximum absolute atomic E-state index is 12.0. The van der Waals surface area contributed by atoms with Crippen LogP contribution in [0.15, 0.2) is 18.3 Å². The van der Waals surface area contributed by atoms with Crippen LogP contribution in [-0.4, -0.2) is 16.3 Å². The molecule has 0 fully saturated rings. The second-order valence-corrected chi connectivity index (χ2v) is 2.68. The Bertz CT molecular complexity index is 280. The number of pyridine rings is 1. The van der Waals surface area contributed by atoms with Crippen LogP contribution in [0.2, 0.25) is 0 Å². The zero-order valence-corrected chi connectivity index (χ0v) is 6.84. The van der Waals surface area contributed by atoms with Gasteiger partial charge in [0, 0.05) is 17.5 Å². The lowest BCUT2D eigenvalue weighted by Gasteiger charge is -2.13. The van der Waals surface area contributed by atoms with E-state index in [9.17, 15) is 13.2 Å². The fourth-order valence-electron chi connectivity index (χ4n) is 0.830. The van der Waals surface area contributed by atoms with E-state index in [0.717, 1.165) is 6.20 Å². The summed E-state index contributed by atoms with van der Waals surface area (Å²) in [4.78, 5) is 3.65. The molecule has 5 heteroatoms. The van der Waals surface area contributed by atoms with Crippen LogP contribution >= 0.6 is 0 Å². The Morgan fingerprint density at radius 2 is 2.00 bits per heavy atom. The predicted molar refractivity (Wildman–Crippen MR) is 40.0 cm³/mol. The molecule has 1 heterocycles. The van der Waals surface area contributed by atoms with Gasteiger partial charge in [-0.25, -0.2) is 0 Å². The highest BCUT2D eigenvalue weighted by atomic mass is 19.4. The van der Waals surface area contributed by atoms with Gasteiger partial charge in [-0.3, -0.25) is 4.98 Å². The monoisotopic (exact) mass is 191 g/mol. The van der Waals surface area contributed by atoms with Crippen molar-refractivity contribution < 1.29 is 18.3 Å². The topological polar surface area (TPSA) is 33.1 Å². The minimum absolute atomic E-state index is 0.238. The van der Waals surface area contributed by atoms with Gasteiger partial charge in [0.2, 0.25) is 0 Å². The van der Waals surface area contributed by atoms with E-state index in [1.54, 1.807) is 6.92 Å². The van der Waals surface area contributed by atoms with Crippen molar-refractivity contribution in [1.29, 1.82) is 0 Å². The van der Waals surface area contributed by atoms with E-state index in [1.807, 2.05) is 0 Å². The summed E-state index contributed by atoms with van der Waals surface area (Å²) in [7, 11) is 0. The number of hydrogen-bond donors (Lipinski definition) is 1. The Labute approximate surface area is 73.0 Å². The van der Waals surface area contributed by atoms with Crippen LogP contribution in [-0.2, 0) is 0 Å². The van der Waals surface area contributed by atoms with Crippen molar-refractivity contribution >= 4 is 0 Å². The molecule has 0 spiro atoms. The number of alkyl halides is 3. The van der Waals surface area contributed by atoms with Crippen molar-refractivity contribution in [3.05, 3.63) is 29.6 Å². The molecule has 0 aliphatic carbocycles. The van der Waals surface area contributed by atoms with Gasteiger partial charge in [-0.15, -0.1) is 0 Å². The van der Waals surface area contributed by atoms with Crippen LogP contribution in [0.4, 0.5) is 13.2 Å². The van der Waals surface area contributed by atoms with Gasteiger partial charge in [-0.2, -0.15) is 13.2 Å². The van der Waals surface area contributed by atoms with Crippen LogP contribution in [0.5, 0.6) is 0 Å². The third-order valence-electron chi connectivity index (χ3n) is 1.56. The van der Waals surface area contributed by atoms with E-state index >= 15 is 0 Å². The Morgan fingerprint density at radius 3 is 2.38 bits per heavy atom. The second kappa shape index (κ2) is 3.33. The molecule has 13 heavy (non-hydrogen) atoms. The standard InChI is InChI=1S/C8H8F3NO/c1-5-2-3-6(4-12-5)7(13)8(9,10)11/h2-4,7,13H,1H3/t7-/m1/s1. The summed E-state index contributed by atoms with van der Waals surface area (Å²) in [6.07, 6.45) is -6.05. The number of nitrogens with zero attached hydrogens (tertiary/aromatic N) is 1. The third-order valence-corrected chi connectivity index (χ3v) is 1.56. The number of aryl methyl sites for hydroxylation is 1. The molecule has 2 nitrogen and oxygen atoms in total. The van der Waals surface area contributed by atoms with Gasteiger partial charge in [0.05, 0.1) is 0 Å². The quantitative estimate of drug-likeness (QED) is 0.736. The summed E-state index contributed by atoms with van der Waals surface area (Å²) in [6, 6.07) is 2.63. The van der Waals surface area contributed by atoms with Crippen LogP contribution in [0.1, 0.15) is 17.4 Å². The lowest BCUT2D eigenvalue weighted by atomic mass is 10.1. The Morgan fingerprint density at radius 1 is 1.38 bits per heavy atom. The molecule has 0 aromatic carbocycles. The fourth-order valence-corrected chi connectivity index (χ4v) is 0.830. The molecule has 0 saturated heterocycles. The van der Waals surface area contributed by atoms with Crippen molar-refractivity contribution in [2.24, 2.45) is 0 Å². The van der Waals surface area contributed by atoms with Crippen molar-refractivity contribution in [3.63, 3.8) is 0 Å². The minimum Gasteiger partial charge on any atom is -0.379 e. The average Bonchev–Trinajstić information content (AvgIpc) is 2.03. The first-order valence-corrected chi connectivity index (χ1v) is 3.58. The first-order valence-electron chi connectivity index (χ1n) is 3.58. The summed E-state index contributed by atoms with van der Waals surface area (Å²) in [5.41, 5.74) is 0.372. The number of halogens is 3. The molecule has 0 radical (unpaired) electrons. The van der Waals surface area contributed by atoms with Gasteiger partial charge >= 0.3 is 6.18 Å². The Kier molecular flexibility index (Phi) is 2.56. The molecular formula is C8H8F3NO. The maximum atomic E-state index is 12.0. The summed E-state index contributed by atoms with van der Waals surface area (Å²) in [6.45, 7) is 1.66. The maximum Gasteiger partial charge on any atom is 0.418 e. The van der Waals surface area contributed by atoms with Gasteiger partial charge in [0.25, 0.3) is 0 Å². The molecular weight excluding hydrogens is 183 g/mol. The van der Waals surface area contributed by atoms with Crippen LogP contribution in [0.3, 0.4) is 0 Å². The Balaban J connectivity index is 2.90. The first kappa shape index (κ1) is 9.98. The number of aliphatic hydroxyl groups excluding tert-OH is 1. The molecule has 0 saturated carbocycles. The highest BCUT2D eigenvalue weighted by molar-refractivity contribution is 5.16. The molecule has 0 aliphatic heterocycles. The van der Waals surface area contributed by atoms with Gasteiger partial charge in [-0.05, 0) is 13.0 Å². The highest BCUT2D eigenvalue weighted by Gasteiger charge is 2.39. The minimum atomic E-state index is -4.63. The molecule has 0 unspecified atom stereocenters. The molecule has 1 atom stereocenters. The van der Waals surface area contributed by atoms with Crippen LogP contribution in [0.25, 0.3) is 0 Å². The average molecular weight is 191 g/mol. The van der Waals surface area contributed by atoms with E-state index < -0.39 is 12.3 Å². The normalized spacial score (nSPS) is 14.2. The summed E-state index contributed by atoms with van der Waals surface area (Å²) >= 11 is 0. The SMILES string of the molecule is Cc1ccc([C@@H](O)C(F)(F)F)cn1. The lowest BCUT2D eigenvalue weighted by molar-refractivity contribution is -0.206. The molecule has 1 aromatic heterocycles. The van der Waals surface area contributed by atoms with E-state index in [4.69, 9.17) is 5.11 Å². The van der Waals surface area contributed by atoms with E-state index in [-0.39, 0.29) is 5.56 Å². The van der Waals surface area contributed by atoms with Gasteiger partial charge in [-0.1, -0.05) is 6.07 Å². The molecule has 0 amide bonds. The van der Waals surface area contributed by atoms with Gasteiger partial charge in [0.15, 0.2) is 6.10 Å². The lowest BCUT2D eigenvalue weighted by Crippen LogP contribution is -2.20. The van der Waals surface area contributed by atoms with E-state index in [2.05, 4.69) is 4.98 Å². The van der Waals surface area contributed by atoms with Crippen molar-refractivity contribution in [1.82, 2.24) is 4.98 Å². The van der Waals surface area contributed by atoms with E-state index in [1.165, 1.54) is 12.1 Å². The van der Waals surface area contributed by atoms with E-state index in [0.29, 0.717) is 5.69 Å². The largest absolute Gasteiger partial charge is 0.418 e. The number of rotatable bonds is 1. The molecule has 0 aliphatic rings. The number of aromatic nitrogens is 1. The van der Waals surface area contributed by atoms with Crippen LogP contribution in [0, 0.1) is 6.92 Å². The summed E-state index contributed by atoms with van der Waals surface area (Å²) in [5, 5.41) is 8.78. The number of hydrogen-bond acceptors (Lipinski definition) is 2. The number of aliphatic hydroxyl groups is 1. The first-order chi connectivity index (χ1) is 5.91. The van der Waals surface area contributed by atoms with Gasteiger partial charge < -0.3 is 5.11 Å². The third kappa shape index (κ3) is 2.42. The molecule has 0 bridgehead atoms. The molecule has 72 valence electrons. The Hall–Kier alpha value is -1.10. The van der Waals surface area contributed by atoms with Crippen molar-refractivity contribution in [2.75, 3.05) is 0 Å². The zero-order chi connectivity index (χ0) is 10.1. The summed E-state index contributed by atoms with van der Waals surface area (Å²) in [5.74, 6) is 0. The molecule has 1 rings (SSSR count). The van der Waals surface area contributed by atoms with Crippen molar-refractivity contribution in [2.45, 2.75) is 19.2 Å². The molecule has 1 N–H and O–H groups in total. The fraction of sp³-hybridized carbons (Fsp3) is 0.375. The van der Waals surface area contributed by atoms with Crippen LogP contribution < -0.4 is 0 Å². The smallest absolute Gasteiger partial charge is 0.379 e. The molecule has 1 aromatic rings. The second-order valence-electron chi connectivity index (χ2n) is 2.68.